The molecule has 0 unspecified atom stereocenters. The number of anilines is 1. The summed E-state index contributed by atoms with van der Waals surface area (Å²) in [5.74, 6) is 0. The molecular weight excluding hydrogens is 262 g/mol. The van der Waals surface area contributed by atoms with Gasteiger partial charge in [-0.05, 0) is 32.4 Å². The van der Waals surface area contributed by atoms with E-state index in [0.717, 1.165) is 5.56 Å². The molecule has 0 aliphatic heterocycles. The highest BCUT2D eigenvalue weighted by Gasteiger charge is 2.17. The molecule has 0 atom stereocenters. The van der Waals surface area contributed by atoms with Crippen LogP contribution in [0.5, 0.6) is 0 Å². The number of benzene rings is 1. The Kier molecular flexibility index (Phi) is 3.61. The van der Waals surface area contributed by atoms with E-state index in [1.807, 2.05) is 32.9 Å². The summed E-state index contributed by atoms with van der Waals surface area (Å²) in [6, 6.07) is 7.38. The molecule has 2 aromatic rings. The molecule has 6 heteroatoms. The first-order valence-electron chi connectivity index (χ1n) is 6.03. The lowest BCUT2D eigenvalue weighted by molar-refractivity contribution is 0.531. The molecule has 1 aromatic heterocycles. The van der Waals surface area contributed by atoms with Gasteiger partial charge in [0.05, 0.1) is 11.9 Å². The minimum atomic E-state index is -3.58. The van der Waals surface area contributed by atoms with Crippen LogP contribution in [0.4, 0.5) is 5.69 Å². The van der Waals surface area contributed by atoms with Gasteiger partial charge in [-0.25, -0.2) is 8.42 Å². The molecule has 19 heavy (non-hydrogen) atoms. The number of hydrogen-bond acceptors (Lipinski definition) is 3. The van der Waals surface area contributed by atoms with Crippen LogP contribution in [0, 0.1) is 6.92 Å². The second-order valence-electron chi connectivity index (χ2n) is 4.67. The van der Waals surface area contributed by atoms with Crippen LogP contribution in [0.3, 0.4) is 0 Å². The Balaban J connectivity index is 2.30. The van der Waals surface area contributed by atoms with E-state index in [0.29, 0.717) is 5.69 Å². The number of rotatable bonds is 4. The number of sulfonamides is 1. The topological polar surface area (TPSA) is 64.0 Å². The Morgan fingerprint density at radius 3 is 2.53 bits per heavy atom. The van der Waals surface area contributed by atoms with Crippen LogP contribution in [-0.4, -0.2) is 18.2 Å². The fourth-order valence-electron chi connectivity index (χ4n) is 1.63. The Hall–Kier alpha value is -1.82. The summed E-state index contributed by atoms with van der Waals surface area (Å²) < 4.78 is 28.6. The molecule has 0 spiro atoms. The van der Waals surface area contributed by atoms with Crippen LogP contribution in [0.25, 0.3) is 0 Å². The highest BCUT2D eigenvalue weighted by Crippen LogP contribution is 2.19. The lowest BCUT2D eigenvalue weighted by atomic mass is 10.2. The summed E-state index contributed by atoms with van der Waals surface area (Å²) in [4.78, 5) is 0.171. The van der Waals surface area contributed by atoms with Gasteiger partial charge in [0.1, 0.15) is 4.90 Å². The van der Waals surface area contributed by atoms with Crippen molar-refractivity contribution >= 4 is 15.7 Å². The van der Waals surface area contributed by atoms with E-state index < -0.39 is 10.0 Å². The van der Waals surface area contributed by atoms with Gasteiger partial charge in [-0.2, -0.15) is 5.10 Å². The quantitative estimate of drug-likeness (QED) is 0.935. The number of hydrogen-bond donors (Lipinski definition) is 1. The average molecular weight is 279 g/mol. The van der Waals surface area contributed by atoms with E-state index in [9.17, 15) is 8.42 Å². The highest BCUT2D eigenvalue weighted by molar-refractivity contribution is 7.92. The molecule has 0 amide bonds. The fraction of sp³-hybridized carbons (Fsp3) is 0.308. The van der Waals surface area contributed by atoms with E-state index in [2.05, 4.69) is 9.82 Å². The second kappa shape index (κ2) is 5.05. The van der Waals surface area contributed by atoms with E-state index in [1.54, 1.807) is 16.8 Å². The van der Waals surface area contributed by atoms with Gasteiger partial charge in [-0.1, -0.05) is 18.2 Å². The summed E-state index contributed by atoms with van der Waals surface area (Å²) in [6.07, 6.45) is 2.89. The van der Waals surface area contributed by atoms with Gasteiger partial charge >= 0.3 is 0 Å². The van der Waals surface area contributed by atoms with Crippen molar-refractivity contribution in [3.63, 3.8) is 0 Å². The molecule has 1 heterocycles. The molecule has 0 radical (unpaired) electrons. The normalized spacial score (nSPS) is 11.8. The molecule has 0 bridgehead atoms. The van der Waals surface area contributed by atoms with Gasteiger partial charge in [-0.3, -0.25) is 9.40 Å². The maximum atomic E-state index is 12.2. The van der Waals surface area contributed by atoms with Gasteiger partial charge in [0.2, 0.25) is 0 Å². The second-order valence-corrected chi connectivity index (χ2v) is 6.35. The van der Waals surface area contributed by atoms with Crippen LogP contribution in [0.1, 0.15) is 25.5 Å². The Morgan fingerprint density at radius 2 is 1.95 bits per heavy atom. The molecule has 1 aromatic carbocycles. The van der Waals surface area contributed by atoms with Crippen molar-refractivity contribution < 1.29 is 8.42 Å². The lowest BCUT2D eigenvalue weighted by Gasteiger charge is -2.08. The molecule has 102 valence electrons. The van der Waals surface area contributed by atoms with Gasteiger partial charge in [0.25, 0.3) is 10.0 Å². The molecule has 0 saturated carbocycles. The zero-order valence-electron chi connectivity index (χ0n) is 11.2. The summed E-state index contributed by atoms with van der Waals surface area (Å²) in [6.45, 7) is 5.74. The zero-order chi connectivity index (χ0) is 14.0. The van der Waals surface area contributed by atoms with Gasteiger partial charge in [0, 0.05) is 12.2 Å². The summed E-state index contributed by atoms with van der Waals surface area (Å²) in [5, 5.41) is 4.04. The number of nitrogens with zero attached hydrogens (tertiary/aromatic N) is 2. The fourth-order valence-corrected chi connectivity index (χ4v) is 2.70. The van der Waals surface area contributed by atoms with Gasteiger partial charge < -0.3 is 0 Å². The largest absolute Gasteiger partial charge is 0.279 e. The van der Waals surface area contributed by atoms with E-state index >= 15 is 0 Å². The van der Waals surface area contributed by atoms with Crippen molar-refractivity contribution in [3.05, 3.63) is 42.2 Å². The first-order valence-corrected chi connectivity index (χ1v) is 7.51. The number of aromatic nitrogens is 2. The summed E-state index contributed by atoms with van der Waals surface area (Å²) in [7, 11) is -3.58. The Labute approximate surface area is 113 Å². The molecule has 5 nitrogen and oxygen atoms in total. The molecule has 0 fully saturated rings. The Bertz CT molecular complexity index is 675. The van der Waals surface area contributed by atoms with Crippen molar-refractivity contribution in [2.24, 2.45) is 0 Å². The highest BCUT2D eigenvalue weighted by atomic mass is 32.2. The van der Waals surface area contributed by atoms with E-state index in [4.69, 9.17) is 0 Å². The molecule has 0 aliphatic rings. The lowest BCUT2D eigenvalue weighted by Crippen LogP contribution is -2.13. The monoisotopic (exact) mass is 279 g/mol. The van der Waals surface area contributed by atoms with E-state index in [-0.39, 0.29) is 10.9 Å². The third-order valence-corrected chi connectivity index (χ3v) is 4.13. The predicted molar refractivity (Wildman–Crippen MR) is 74.6 cm³/mol. The minimum Gasteiger partial charge on any atom is -0.279 e. The van der Waals surface area contributed by atoms with Crippen LogP contribution in [0.2, 0.25) is 0 Å². The van der Waals surface area contributed by atoms with Crippen LogP contribution < -0.4 is 4.72 Å². The van der Waals surface area contributed by atoms with Crippen molar-refractivity contribution in [1.29, 1.82) is 0 Å². The maximum Gasteiger partial charge on any atom is 0.265 e. The summed E-state index contributed by atoms with van der Waals surface area (Å²) >= 11 is 0. The number of nitrogens with one attached hydrogen (secondary N) is 1. The Morgan fingerprint density at radius 1 is 1.26 bits per heavy atom. The molecular formula is C13H17N3O2S. The molecule has 0 saturated heterocycles. The molecule has 0 aliphatic carbocycles. The maximum absolute atomic E-state index is 12.2. The molecule has 1 N–H and O–H groups in total. The number of aryl methyl sites for hydroxylation is 1. The molecule has 2 rings (SSSR count). The van der Waals surface area contributed by atoms with Gasteiger partial charge in [0.15, 0.2) is 0 Å². The zero-order valence-corrected chi connectivity index (χ0v) is 12.0. The van der Waals surface area contributed by atoms with Crippen LogP contribution in [-0.2, 0) is 10.0 Å². The standard InChI is InChI=1S/C13H17N3O2S/c1-10(2)16-9-12(8-14-16)19(17,18)15-13-7-5-4-6-11(13)3/h4-10,15H,1-3H3. The third-order valence-electron chi connectivity index (χ3n) is 2.81. The average Bonchev–Trinajstić information content (AvgIpc) is 2.82. The van der Waals surface area contributed by atoms with Crippen molar-refractivity contribution in [2.75, 3.05) is 4.72 Å². The van der Waals surface area contributed by atoms with Crippen molar-refractivity contribution in [3.8, 4) is 0 Å². The van der Waals surface area contributed by atoms with E-state index in [1.165, 1.54) is 12.4 Å². The first-order chi connectivity index (χ1) is 8.90. The van der Waals surface area contributed by atoms with Crippen LogP contribution in [0.15, 0.2) is 41.6 Å². The summed E-state index contributed by atoms with van der Waals surface area (Å²) in [5.41, 5.74) is 1.46. The third kappa shape index (κ3) is 2.96. The van der Waals surface area contributed by atoms with Gasteiger partial charge in [-0.15, -0.1) is 0 Å². The predicted octanol–water partition coefficient (Wildman–Crippen LogP) is 2.57. The first kappa shape index (κ1) is 13.6. The van der Waals surface area contributed by atoms with Crippen molar-refractivity contribution in [1.82, 2.24) is 9.78 Å². The van der Waals surface area contributed by atoms with Crippen molar-refractivity contribution in [2.45, 2.75) is 31.7 Å². The minimum absolute atomic E-state index is 0.127. The number of para-hydroxylation sites is 1. The smallest absolute Gasteiger partial charge is 0.265 e. The van der Waals surface area contributed by atoms with Crippen LogP contribution >= 0.6 is 0 Å². The SMILES string of the molecule is Cc1ccccc1NS(=O)(=O)c1cnn(C(C)C)c1.